The molecule has 1 aliphatic carbocycles. The lowest BCUT2D eigenvalue weighted by molar-refractivity contribution is 0.0197. The Balaban J connectivity index is 2.04. The van der Waals surface area contributed by atoms with Crippen molar-refractivity contribution >= 4 is 5.69 Å². The summed E-state index contributed by atoms with van der Waals surface area (Å²) in [5.41, 5.74) is 6.22. The zero-order chi connectivity index (χ0) is 13.0. The van der Waals surface area contributed by atoms with Gasteiger partial charge in [-0.25, -0.2) is 0 Å². The predicted molar refractivity (Wildman–Crippen MR) is 66.7 cm³/mol. The van der Waals surface area contributed by atoms with E-state index in [4.69, 9.17) is 19.9 Å². The molecule has 1 fully saturated rings. The molecule has 1 aliphatic rings. The highest BCUT2D eigenvalue weighted by Gasteiger charge is 2.24. The van der Waals surface area contributed by atoms with Gasteiger partial charge in [0.25, 0.3) is 0 Å². The molecular formula is C12H19N3O3. The van der Waals surface area contributed by atoms with Crippen LogP contribution in [0.1, 0.15) is 25.7 Å². The van der Waals surface area contributed by atoms with E-state index in [0.717, 1.165) is 25.7 Å². The molecule has 2 N–H and O–H groups in total. The van der Waals surface area contributed by atoms with Crippen molar-refractivity contribution in [2.45, 2.75) is 37.9 Å². The monoisotopic (exact) mass is 253 g/mol. The number of hydrogen-bond acceptors (Lipinski definition) is 6. The van der Waals surface area contributed by atoms with Gasteiger partial charge in [0.15, 0.2) is 5.69 Å². The molecule has 100 valence electrons. The lowest BCUT2D eigenvalue weighted by Gasteiger charge is -2.28. The maximum absolute atomic E-state index is 5.87. The van der Waals surface area contributed by atoms with Crippen molar-refractivity contribution in [2.24, 2.45) is 0 Å². The summed E-state index contributed by atoms with van der Waals surface area (Å²) in [6, 6.07) is 0. The number of hydrogen-bond donors (Lipinski definition) is 1. The van der Waals surface area contributed by atoms with Crippen molar-refractivity contribution in [1.82, 2.24) is 9.97 Å². The molecule has 1 saturated carbocycles. The number of rotatable bonds is 4. The summed E-state index contributed by atoms with van der Waals surface area (Å²) in [6.45, 7) is 0. The summed E-state index contributed by atoms with van der Waals surface area (Å²) in [7, 11) is 3.25. The van der Waals surface area contributed by atoms with Crippen LogP contribution in [0.5, 0.6) is 11.8 Å². The molecule has 18 heavy (non-hydrogen) atoms. The molecule has 6 nitrogen and oxygen atoms in total. The van der Waals surface area contributed by atoms with Gasteiger partial charge < -0.3 is 19.9 Å². The Hall–Kier alpha value is -1.56. The first-order chi connectivity index (χ1) is 8.74. The van der Waals surface area contributed by atoms with Crippen molar-refractivity contribution in [2.75, 3.05) is 20.0 Å². The van der Waals surface area contributed by atoms with Crippen LogP contribution in [0.2, 0.25) is 0 Å². The second kappa shape index (κ2) is 5.86. The third-order valence-corrected chi connectivity index (χ3v) is 3.19. The Morgan fingerprint density at radius 1 is 1.17 bits per heavy atom. The molecule has 0 saturated heterocycles. The standard InChI is InChI=1S/C12H19N3O3/c1-16-8-4-3-5-9(6-8)18-12-10(13)11(17-2)14-7-15-12/h7-9H,3-6,13H2,1-2H3. The molecule has 1 aromatic rings. The third-order valence-electron chi connectivity index (χ3n) is 3.19. The van der Waals surface area contributed by atoms with Gasteiger partial charge in [-0.3, -0.25) is 0 Å². The van der Waals surface area contributed by atoms with E-state index in [1.54, 1.807) is 7.11 Å². The Bertz CT molecular complexity index is 400. The van der Waals surface area contributed by atoms with Gasteiger partial charge in [-0.2, -0.15) is 9.97 Å². The van der Waals surface area contributed by atoms with Crippen molar-refractivity contribution in [3.05, 3.63) is 6.33 Å². The molecule has 0 aromatic carbocycles. The highest BCUT2D eigenvalue weighted by Crippen LogP contribution is 2.30. The molecule has 0 bridgehead atoms. The van der Waals surface area contributed by atoms with Crippen LogP contribution in [0.3, 0.4) is 0 Å². The highest BCUT2D eigenvalue weighted by molar-refractivity contribution is 5.55. The van der Waals surface area contributed by atoms with Gasteiger partial charge in [0, 0.05) is 13.5 Å². The number of nitrogens with zero attached hydrogens (tertiary/aromatic N) is 2. The Morgan fingerprint density at radius 2 is 1.89 bits per heavy atom. The van der Waals surface area contributed by atoms with Crippen molar-refractivity contribution in [1.29, 1.82) is 0 Å². The lowest BCUT2D eigenvalue weighted by Crippen LogP contribution is -2.30. The van der Waals surface area contributed by atoms with E-state index in [0.29, 0.717) is 17.4 Å². The van der Waals surface area contributed by atoms with Crippen LogP contribution in [0.15, 0.2) is 6.33 Å². The minimum atomic E-state index is 0.0885. The number of aromatic nitrogens is 2. The van der Waals surface area contributed by atoms with Crippen LogP contribution in [-0.2, 0) is 4.74 Å². The van der Waals surface area contributed by atoms with Crippen LogP contribution in [0, 0.1) is 0 Å². The van der Waals surface area contributed by atoms with E-state index < -0.39 is 0 Å². The minimum Gasteiger partial charge on any atom is -0.479 e. The molecule has 6 heteroatoms. The summed E-state index contributed by atoms with van der Waals surface area (Å²) in [5.74, 6) is 0.739. The predicted octanol–water partition coefficient (Wildman–Crippen LogP) is 1.40. The van der Waals surface area contributed by atoms with E-state index in [1.165, 1.54) is 13.4 Å². The summed E-state index contributed by atoms with van der Waals surface area (Å²) in [5, 5.41) is 0. The first-order valence-electron chi connectivity index (χ1n) is 6.08. The fourth-order valence-corrected chi connectivity index (χ4v) is 2.20. The number of nitrogens with two attached hydrogens (primary N) is 1. The van der Waals surface area contributed by atoms with Gasteiger partial charge >= 0.3 is 0 Å². The number of methoxy groups -OCH3 is 2. The maximum atomic E-state index is 5.87. The van der Waals surface area contributed by atoms with E-state index in [-0.39, 0.29) is 12.2 Å². The second-order valence-corrected chi connectivity index (χ2v) is 4.37. The zero-order valence-electron chi connectivity index (χ0n) is 10.8. The van der Waals surface area contributed by atoms with Crippen molar-refractivity contribution in [3.8, 4) is 11.8 Å². The van der Waals surface area contributed by atoms with Crippen molar-refractivity contribution in [3.63, 3.8) is 0 Å². The fourth-order valence-electron chi connectivity index (χ4n) is 2.20. The van der Waals surface area contributed by atoms with Gasteiger partial charge in [0.05, 0.1) is 13.2 Å². The van der Waals surface area contributed by atoms with E-state index in [1.807, 2.05) is 0 Å². The van der Waals surface area contributed by atoms with E-state index in [9.17, 15) is 0 Å². The quantitative estimate of drug-likeness (QED) is 0.873. The fraction of sp³-hybridized carbons (Fsp3) is 0.667. The summed E-state index contributed by atoms with van der Waals surface area (Å²) in [6.07, 6.45) is 5.76. The van der Waals surface area contributed by atoms with E-state index in [2.05, 4.69) is 9.97 Å². The van der Waals surface area contributed by atoms with Crippen LogP contribution in [-0.4, -0.2) is 36.4 Å². The van der Waals surface area contributed by atoms with Gasteiger partial charge in [-0.05, 0) is 19.3 Å². The maximum Gasteiger partial charge on any atom is 0.244 e. The lowest BCUT2D eigenvalue weighted by atomic mass is 9.95. The first-order valence-corrected chi connectivity index (χ1v) is 6.08. The first kappa shape index (κ1) is 12.9. The summed E-state index contributed by atoms with van der Waals surface area (Å²) >= 11 is 0. The van der Waals surface area contributed by atoms with E-state index >= 15 is 0 Å². The SMILES string of the molecule is COc1ncnc(OC2CCCC(OC)C2)c1N. The summed E-state index contributed by atoms with van der Waals surface area (Å²) < 4.78 is 16.2. The average molecular weight is 253 g/mol. The van der Waals surface area contributed by atoms with Crippen LogP contribution >= 0.6 is 0 Å². The molecule has 2 atom stereocenters. The molecule has 0 amide bonds. The average Bonchev–Trinajstić information content (AvgIpc) is 2.41. The molecular weight excluding hydrogens is 234 g/mol. The second-order valence-electron chi connectivity index (χ2n) is 4.37. The molecule has 2 rings (SSSR count). The number of nitrogen functional groups attached to an aromatic ring is 1. The van der Waals surface area contributed by atoms with Gasteiger partial charge in [-0.1, -0.05) is 0 Å². The van der Waals surface area contributed by atoms with Crippen LogP contribution < -0.4 is 15.2 Å². The minimum absolute atomic E-state index is 0.0885. The Morgan fingerprint density at radius 3 is 2.61 bits per heavy atom. The van der Waals surface area contributed by atoms with Crippen LogP contribution in [0.4, 0.5) is 5.69 Å². The van der Waals surface area contributed by atoms with Crippen LogP contribution in [0.25, 0.3) is 0 Å². The molecule has 2 unspecified atom stereocenters. The number of ether oxygens (including phenoxy) is 3. The number of anilines is 1. The topological polar surface area (TPSA) is 79.5 Å². The summed E-state index contributed by atoms with van der Waals surface area (Å²) in [4.78, 5) is 7.97. The Labute approximate surface area is 106 Å². The smallest absolute Gasteiger partial charge is 0.244 e. The molecule has 0 aliphatic heterocycles. The highest BCUT2D eigenvalue weighted by atomic mass is 16.5. The largest absolute Gasteiger partial charge is 0.479 e. The normalized spacial score (nSPS) is 23.7. The Kier molecular flexibility index (Phi) is 4.19. The van der Waals surface area contributed by atoms with Gasteiger partial charge in [0.2, 0.25) is 11.8 Å². The molecule has 0 radical (unpaired) electrons. The molecule has 1 aromatic heterocycles. The van der Waals surface area contributed by atoms with Gasteiger partial charge in [-0.15, -0.1) is 0 Å². The molecule has 1 heterocycles. The molecule has 0 spiro atoms. The van der Waals surface area contributed by atoms with Crippen molar-refractivity contribution < 1.29 is 14.2 Å². The van der Waals surface area contributed by atoms with Gasteiger partial charge in [0.1, 0.15) is 12.4 Å². The third kappa shape index (κ3) is 2.81. The zero-order valence-corrected chi connectivity index (χ0v) is 10.8.